The fraction of sp³-hybridized carbons (Fsp3) is 0.417. The molecule has 3 rings (SSSR count). The minimum atomic E-state index is -0.587. The highest BCUT2D eigenvalue weighted by molar-refractivity contribution is 7.71. The van der Waals surface area contributed by atoms with Gasteiger partial charge < -0.3 is 9.55 Å². The maximum Gasteiger partial charge on any atom is 0.178 e. The molecule has 1 N–H and O–H groups in total. The molecule has 1 aromatic carbocycles. The molecular formula is C12H12F2N2S. The Morgan fingerprint density at radius 2 is 2.12 bits per heavy atom. The zero-order valence-electron chi connectivity index (χ0n) is 9.17. The zero-order valence-corrected chi connectivity index (χ0v) is 9.99. The number of nitrogens with one attached hydrogen (secondary N) is 1. The van der Waals surface area contributed by atoms with E-state index >= 15 is 0 Å². The topological polar surface area (TPSA) is 20.7 Å². The summed E-state index contributed by atoms with van der Waals surface area (Å²) in [7, 11) is 0. The Morgan fingerprint density at radius 1 is 1.35 bits per heavy atom. The highest BCUT2D eigenvalue weighted by Crippen LogP contribution is 2.33. The highest BCUT2D eigenvalue weighted by Gasteiger charge is 2.21. The van der Waals surface area contributed by atoms with E-state index in [2.05, 4.69) is 4.98 Å². The number of aromatic nitrogens is 2. The Bertz CT molecular complexity index is 625. The van der Waals surface area contributed by atoms with Gasteiger partial charge in [0.15, 0.2) is 10.6 Å². The summed E-state index contributed by atoms with van der Waals surface area (Å²) in [5.41, 5.74) is 0.820. The van der Waals surface area contributed by atoms with Crippen LogP contribution in [-0.4, -0.2) is 9.55 Å². The number of nitrogens with zero attached hydrogens (tertiary/aromatic N) is 1. The number of hydrogen-bond donors (Lipinski definition) is 1. The minimum Gasteiger partial charge on any atom is -0.328 e. The predicted molar refractivity (Wildman–Crippen MR) is 64.4 cm³/mol. The predicted octanol–water partition coefficient (Wildman–Crippen LogP) is 3.78. The number of aryl methyl sites for hydroxylation is 1. The number of aromatic amines is 1. The quantitative estimate of drug-likeness (QED) is 0.827. The number of rotatable bonds is 3. The van der Waals surface area contributed by atoms with Gasteiger partial charge in [0.05, 0.1) is 5.52 Å². The van der Waals surface area contributed by atoms with Crippen LogP contribution in [-0.2, 0) is 6.54 Å². The molecule has 2 aromatic rings. The maximum absolute atomic E-state index is 13.5. The minimum absolute atomic E-state index is 0.298. The van der Waals surface area contributed by atoms with Crippen LogP contribution in [0.2, 0.25) is 0 Å². The molecule has 1 heterocycles. The van der Waals surface area contributed by atoms with Gasteiger partial charge in [-0.05, 0) is 30.6 Å². The molecule has 1 aromatic heterocycles. The lowest BCUT2D eigenvalue weighted by atomic mass is 10.2. The van der Waals surface area contributed by atoms with Gasteiger partial charge in [0.25, 0.3) is 0 Å². The van der Waals surface area contributed by atoms with Gasteiger partial charge in [-0.3, -0.25) is 0 Å². The summed E-state index contributed by atoms with van der Waals surface area (Å²) in [6.07, 6.45) is 3.55. The molecular weight excluding hydrogens is 242 g/mol. The van der Waals surface area contributed by atoms with Crippen LogP contribution in [0.1, 0.15) is 19.3 Å². The lowest BCUT2D eigenvalue weighted by molar-refractivity contribution is 0.585. The van der Waals surface area contributed by atoms with Crippen molar-refractivity contribution in [3.8, 4) is 0 Å². The van der Waals surface area contributed by atoms with Crippen molar-refractivity contribution < 1.29 is 8.78 Å². The van der Waals surface area contributed by atoms with E-state index < -0.39 is 11.6 Å². The number of H-pyrrole nitrogens is 1. The number of hydrogen-bond acceptors (Lipinski definition) is 1. The third-order valence-electron chi connectivity index (χ3n) is 3.26. The first-order chi connectivity index (χ1) is 8.15. The molecule has 0 spiro atoms. The van der Waals surface area contributed by atoms with Crippen molar-refractivity contribution in [2.24, 2.45) is 5.92 Å². The van der Waals surface area contributed by atoms with Crippen molar-refractivity contribution in [2.75, 3.05) is 0 Å². The molecule has 1 aliphatic rings. The van der Waals surface area contributed by atoms with Crippen molar-refractivity contribution in [1.82, 2.24) is 9.55 Å². The molecule has 90 valence electrons. The second-order valence-corrected chi connectivity index (χ2v) is 4.98. The van der Waals surface area contributed by atoms with E-state index in [0.29, 0.717) is 15.8 Å². The summed E-state index contributed by atoms with van der Waals surface area (Å²) >= 11 is 5.15. The highest BCUT2D eigenvalue weighted by atomic mass is 32.1. The zero-order chi connectivity index (χ0) is 12.0. The van der Waals surface area contributed by atoms with E-state index in [0.717, 1.165) is 24.9 Å². The Kier molecular flexibility index (Phi) is 2.50. The van der Waals surface area contributed by atoms with E-state index in [1.807, 2.05) is 0 Å². The van der Waals surface area contributed by atoms with Crippen molar-refractivity contribution in [3.05, 3.63) is 28.5 Å². The van der Waals surface area contributed by atoms with Crippen LogP contribution in [0, 0.1) is 22.3 Å². The molecule has 0 radical (unpaired) electrons. The molecule has 1 saturated carbocycles. The third kappa shape index (κ3) is 1.99. The van der Waals surface area contributed by atoms with E-state index in [-0.39, 0.29) is 0 Å². The van der Waals surface area contributed by atoms with Crippen molar-refractivity contribution in [3.63, 3.8) is 0 Å². The molecule has 0 atom stereocenters. The van der Waals surface area contributed by atoms with Crippen LogP contribution < -0.4 is 0 Å². The Hall–Kier alpha value is -1.23. The van der Waals surface area contributed by atoms with Crippen molar-refractivity contribution in [2.45, 2.75) is 25.8 Å². The first kappa shape index (κ1) is 10.9. The molecule has 0 bridgehead atoms. The summed E-state index contributed by atoms with van der Waals surface area (Å²) in [6, 6.07) is 2.20. The summed E-state index contributed by atoms with van der Waals surface area (Å²) in [5.74, 6) is -0.388. The fourth-order valence-corrected chi connectivity index (χ4v) is 2.41. The maximum atomic E-state index is 13.5. The van der Waals surface area contributed by atoms with Crippen LogP contribution >= 0.6 is 12.2 Å². The van der Waals surface area contributed by atoms with Crippen LogP contribution in [0.5, 0.6) is 0 Å². The number of halogens is 2. The van der Waals surface area contributed by atoms with Gasteiger partial charge in [-0.25, -0.2) is 8.78 Å². The average molecular weight is 254 g/mol. The summed E-state index contributed by atoms with van der Waals surface area (Å²) in [6.45, 7) is 0.729. The summed E-state index contributed by atoms with van der Waals surface area (Å²) in [4.78, 5) is 2.80. The first-order valence-electron chi connectivity index (χ1n) is 5.72. The van der Waals surface area contributed by atoms with E-state index in [1.54, 1.807) is 4.57 Å². The molecule has 5 heteroatoms. The smallest absolute Gasteiger partial charge is 0.178 e. The van der Waals surface area contributed by atoms with Gasteiger partial charge in [0.2, 0.25) is 0 Å². The molecule has 2 nitrogen and oxygen atoms in total. The van der Waals surface area contributed by atoms with E-state index in [4.69, 9.17) is 12.2 Å². The van der Waals surface area contributed by atoms with Crippen LogP contribution in [0.3, 0.4) is 0 Å². The lowest BCUT2D eigenvalue weighted by Gasteiger charge is -2.03. The first-order valence-corrected chi connectivity index (χ1v) is 6.13. The second kappa shape index (κ2) is 3.91. The van der Waals surface area contributed by atoms with Gasteiger partial charge in [-0.2, -0.15) is 0 Å². The van der Waals surface area contributed by atoms with Gasteiger partial charge >= 0.3 is 0 Å². The van der Waals surface area contributed by atoms with Gasteiger partial charge in [0.1, 0.15) is 11.3 Å². The summed E-state index contributed by atoms with van der Waals surface area (Å²) in [5, 5.41) is 0. The van der Waals surface area contributed by atoms with Gasteiger partial charge in [-0.15, -0.1) is 0 Å². The van der Waals surface area contributed by atoms with Crippen LogP contribution in [0.15, 0.2) is 12.1 Å². The summed E-state index contributed by atoms with van der Waals surface area (Å²) < 4.78 is 29.0. The number of imidazole rings is 1. The van der Waals surface area contributed by atoms with Gasteiger partial charge in [-0.1, -0.05) is 12.8 Å². The molecule has 1 aliphatic carbocycles. The molecule has 0 unspecified atom stereocenters. The Morgan fingerprint density at radius 3 is 2.82 bits per heavy atom. The molecule has 0 aliphatic heterocycles. The fourth-order valence-electron chi connectivity index (χ4n) is 2.12. The van der Waals surface area contributed by atoms with Gasteiger partial charge in [0, 0.05) is 12.6 Å². The largest absolute Gasteiger partial charge is 0.328 e. The monoisotopic (exact) mass is 254 g/mol. The standard InChI is InChI=1S/C12H12F2N2S/c13-8-5-9(14)11-10(6-8)16(12(17)15-11)4-3-7-1-2-7/h5-7H,1-4H2,(H,15,17). The number of fused-ring (bicyclic) bond motifs is 1. The van der Waals surface area contributed by atoms with Crippen LogP contribution in [0.4, 0.5) is 8.78 Å². The normalized spacial score (nSPS) is 15.6. The van der Waals surface area contributed by atoms with Crippen LogP contribution in [0.25, 0.3) is 11.0 Å². The SMILES string of the molecule is Fc1cc(F)c2[nH]c(=S)n(CCC3CC3)c2c1. The molecule has 0 saturated heterocycles. The number of benzene rings is 1. The molecule has 17 heavy (non-hydrogen) atoms. The Labute approximate surface area is 102 Å². The molecule has 1 fully saturated rings. The lowest BCUT2D eigenvalue weighted by Crippen LogP contribution is -1.99. The second-order valence-electron chi connectivity index (χ2n) is 4.60. The Balaban J connectivity index is 2.08. The van der Waals surface area contributed by atoms with Crippen molar-refractivity contribution in [1.29, 1.82) is 0 Å². The average Bonchev–Trinajstić information content (AvgIpc) is 3.02. The molecule has 0 amide bonds. The van der Waals surface area contributed by atoms with E-state index in [1.165, 1.54) is 18.9 Å². The third-order valence-corrected chi connectivity index (χ3v) is 3.58. The van der Waals surface area contributed by atoms with Crippen molar-refractivity contribution >= 4 is 23.3 Å². The van der Waals surface area contributed by atoms with E-state index in [9.17, 15) is 8.78 Å².